The van der Waals surface area contributed by atoms with E-state index in [9.17, 15) is 14.3 Å². The van der Waals surface area contributed by atoms with Crippen LogP contribution in [0, 0.1) is 11.2 Å². The van der Waals surface area contributed by atoms with Crippen LogP contribution in [0.5, 0.6) is 0 Å². The summed E-state index contributed by atoms with van der Waals surface area (Å²) in [5, 5.41) is 12.9. The highest BCUT2D eigenvalue weighted by atomic mass is 32.1. The van der Waals surface area contributed by atoms with Crippen LogP contribution < -0.4 is 5.32 Å². The average molecular weight is 373 g/mol. The Kier molecular flexibility index (Phi) is 3.89. The zero-order chi connectivity index (χ0) is 18.6. The molecule has 0 spiro atoms. The Labute approximate surface area is 154 Å². The number of rotatable bonds is 2. The van der Waals surface area contributed by atoms with Gasteiger partial charge in [-0.25, -0.2) is 14.2 Å². The fourth-order valence-electron chi connectivity index (χ4n) is 3.50. The number of halogens is 1. The van der Waals surface area contributed by atoms with Crippen molar-refractivity contribution in [3.63, 3.8) is 0 Å². The third-order valence-corrected chi connectivity index (χ3v) is 5.98. The summed E-state index contributed by atoms with van der Waals surface area (Å²) in [6, 6.07) is 4.68. The summed E-state index contributed by atoms with van der Waals surface area (Å²) in [4.78, 5) is 21.2. The van der Waals surface area contributed by atoms with E-state index in [0.29, 0.717) is 11.3 Å². The highest BCUT2D eigenvalue weighted by molar-refractivity contribution is 7.15. The van der Waals surface area contributed by atoms with E-state index in [1.54, 1.807) is 11.3 Å². The molecule has 0 saturated carbocycles. The molecule has 1 aliphatic heterocycles. The van der Waals surface area contributed by atoms with Gasteiger partial charge in [0, 0.05) is 10.9 Å². The van der Waals surface area contributed by atoms with Gasteiger partial charge in [-0.05, 0) is 42.1 Å². The third-order valence-electron chi connectivity index (χ3n) is 4.73. The second-order valence-electron chi connectivity index (χ2n) is 7.74. The van der Waals surface area contributed by atoms with E-state index >= 15 is 0 Å². The average Bonchev–Trinajstić information content (AvgIpc) is 3.15. The lowest BCUT2D eigenvalue weighted by molar-refractivity contribution is 0.0698. The maximum Gasteiger partial charge on any atom is 0.338 e. The van der Waals surface area contributed by atoms with Crippen LogP contribution in [-0.4, -0.2) is 27.6 Å². The second kappa shape index (κ2) is 5.89. The van der Waals surface area contributed by atoms with Crippen molar-refractivity contribution >= 4 is 28.3 Å². The zero-order valence-corrected chi connectivity index (χ0v) is 15.6. The van der Waals surface area contributed by atoms with E-state index in [4.69, 9.17) is 0 Å². The Morgan fingerprint density at radius 1 is 1.35 bits per heavy atom. The topological polar surface area (TPSA) is 78.0 Å². The Hall–Kier alpha value is -2.25. The molecule has 4 rings (SSSR count). The van der Waals surface area contributed by atoms with Gasteiger partial charge in [-0.2, -0.15) is 0 Å². The van der Waals surface area contributed by atoms with Gasteiger partial charge < -0.3 is 15.4 Å². The first-order valence-corrected chi connectivity index (χ1v) is 9.34. The largest absolute Gasteiger partial charge is 0.478 e. The van der Waals surface area contributed by atoms with Crippen molar-refractivity contribution in [1.82, 2.24) is 15.3 Å². The fraction of sp³-hybridized carbons (Fsp3) is 0.368. The summed E-state index contributed by atoms with van der Waals surface area (Å²) in [5.74, 6) is -1.19. The quantitative estimate of drug-likeness (QED) is 0.624. The number of aromatic amines is 1. The molecule has 3 N–H and O–H groups in total. The minimum atomic E-state index is -1.19. The van der Waals surface area contributed by atoms with Crippen LogP contribution in [0.3, 0.4) is 0 Å². The van der Waals surface area contributed by atoms with Crippen molar-refractivity contribution < 1.29 is 14.3 Å². The molecule has 0 fully saturated rings. The normalized spacial score (nSPS) is 17.5. The number of benzene rings is 1. The molecule has 3 aromatic rings. The SMILES string of the molecule is CC(C)(C)[C@@H]1NCCc2cc(-c3nc4c(C(=O)O)cc(F)cc4[nH]3)sc21. The number of nitrogens with zero attached hydrogens (tertiary/aromatic N) is 1. The monoisotopic (exact) mass is 373 g/mol. The molecule has 0 radical (unpaired) electrons. The van der Waals surface area contributed by atoms with Gasteiger partial charge in [-0.1, -0.05) is 20.8 Å². The number of imidazole rings is 1. The summed E-state index contributed by atoms with van der Waals surface area (Å²) >= 11 is 1.66. The summed E-state index contributed by atoms with van der Waals surface area (Å²) < 4.78 is 13.7. The number of hydrogen-bond donors (Lipinski definition) is 3. The van der Waals surface area contributed by atoms with Crippen LogP contribution in [0.25, 0.3) is 21.7 Å². The molecule has 0 unspecified atom stereocenters. The molecule has 5 nitrogen and oxygen atoms in total. The molecular weight excluding hydrogens is 353 g/mol. The van der Waals surface area contributed by atoms with Gasteiger partial charge in [0.2, 0.25) is 0 Å². The first-order valence-electron chi connectivity index (χ1n) is 8.53. The molecule has 1 atom stereocenters. The number of carbonyl (C=O) groups is 1. The van der Waals surface area contributed by atoms with Gasteiger partial charge in [-0.15, -0.1) is 11.3 Å². The molecule has 1 aliphatic rings. The first kappa shape index (κ1) is 17.2. The maximum absolute atomic E-state index is 13.7. The zero-order valence-electron chi connectivity index (χ0n) is 14.8. The van der Waals surface area contributed by atoms with Crippen LogP contribution in [0.15, 0.2) is 18.2 Å². The van der Waals surface area contributed by atoms with Gasteiger partial charge in [0.05, 0.1) is 16.0 Å². The molecule has 7 heteroatoms. The molecule has 26 heavy (non-hydrogen) atoms. The summed E-state index contributed by atoms with van der Waals surface area (Å²) in [6.45, 7) is 7.56. The molecule has 3 heterocycles. The Morgan fingerprint density at radius 3 is 2.81 bits per heavy atom. The van der Waals surface area contributed by atoms with Gasteiger partial charge in [-0.3, -0.25) is 0 Å². The van der Waals surface area contributed by atoms with Gasteiger partial charge in [0.15, 0.2) is 0 Å². The van der Waals surface area contributed by atoms with E-state index in [0.717, 1.165) is 23.9 Å². The summed E-state index contributed by atoms with van der Waals surface area (Å²) in [5.41, 5.74) is 1.94. The van der Waals surface area contributed by atoms with Crippen molar-refractivity contribution in [3.05, 3.63) is 40.0 Å². The molecule has 0 amide bonds. The number of aromatic nitrogens is 2. The minimum absolute atomic E-state index is 0.0881. The molecule has 136 valence electrons. The van der Waals surface area contributed by atoms with E-state index < -0.39 is 11.8 Å². The van der Waals surface area contributed by atoms with Crippen LogP contribution in [0.4, 0.5) is 4.39 Å². The lowest BCUT2D eigenvalue weighted by Crippen LogP contribution is -2.36. The summed E-state index contributed by atoms with van der Waals surface area (Å²) in [7, 11) is 0. The van der Waals surface area contributed by atoms with Crippen LogP contribution >= 0.6 is 11.3 Å². The molecule has 0 saturated heterocycles. The number of nitrogens with one attached hydrogen (secondary N) is 2. The number of carboxylic acids is 1. The van der Waals surface area contributed by atoms with Crippen LogP contribution in [-0.2, 0) is 6.42 Å². The van der Waals surface area contributed by atoms with E-state index in [1.165, 1.54) is 16.5 Å². The molecular formula is C19H20FN3O2S. The highest BCUT2D eigenvalue weighted by Crippen LogP contribution is 2.43. The lowest BCUT2D eigenvalue weighted by atomic mass is 9.82. The standard InChI is InChI=1S/C19H20FN3O2S/c1-19(2,3)16-15-9(4-5-21-16)6-13(26-15)17-22-12-8-10(20)7-11(18(24)25)14(12)23-17/h6-8,16,21H,4-5H2,1-3H3,(H,22,23)(H,24,25)/t16-/m1/s1. The Bertz CT molecular complexity index is 1020. The molecule has 0 aliphatic carbocycles. The lowest BCUT2D eigenvalue weighted by Gasteiger charge is -2.34. The van der Waals surface area contributed by atoms with Crippen molar-refractivity contribution in [3.8, 4) is 10.7 Å². The number of thiophene rings is 1. The molecule has 1 aromatic carbocycles. The highest BCUT2D eigenvalue weighted by Gasteiger charge is 2.32. The van der Waals surface area contributed by atoms with E-state index in [2.05, 4.69) is 42.1 Å². The number of H-pyrrole nitrogens is 1. The number of hydrogen-bond acceptors (Lipinski definition) is 4. The van der Waals surface area contributed by atoms with Crippen molar-refractivity contribution in [1.29, 1.82) is 0 Å². The molecule has 0 bridgehead atoms. The van der Waals surface area contributed by atoms with Crippen LogP contribution in [0.2, 0.25) is 0 Å². The van der Waals surface area contributed by atoms with Gasteiger partial charge in [0.25, 0.3) is 0 Å². The maximum atomic E-state index is 13.7. The van der Waals surface area contributed by atoms with Crippen molar-refractivity contribution in [2.24, 2.45) is 5.41 Å². The number of fused-ring (bicyclic) bond motifs is 2. The van der Waals surface area contributed by atoms with Crippen molar-refractivity contribution in [2.75, 3.05) is 6.54 Å². The van der Waals surface area contributed by atoms with Gasteiger partial charge in [0.1, 0.15) is 17.2 Å². The van der Waals surface area contributed by atoms with E-state index in [1.807, 2.05) is 0 Å². The smallest absolute Gasteiger partial charge is 0.338 e. The third kappa shape index (κ3) is 2.81. The van der Waals surface area contributed by atoms with Crippen molar-refractivity contribution in [2.45, 2.75) is 33.2 Å². The van der Waals surface area contributed by atoms with Gasteiger partial charge >= 0.3 is 5.97 Å². The van der Waals surface area contributed by atoms with Crippen LogP contribution in [0.1, 0.15) is 47.6 Å². The second-order valence-corrected chi connectivity index (χ2v) is 8.83. The Balaban J connectivity index is 1.83. The molecule has 2 aromatic heterocycles. The predicted molar refractivity (Wildman–Crippen MR) is 100 cm³/mol. The van der Waals surface area contributed by atoms with E-state index in [-0.39, 0.29) is 22.5 Å². The number of carboxylic acid groups (broad SMARTS) is 1. The Morgan fingerprint density at radius 2 is 2.12 bits per heavy atom. The fourth-order valence-corrected chi connectivity index (χ4v) is 4.98. The number of aromatic carboxylic acids is 1. The summed E-state index contributed by atoms with van der Waals surface area (Å²) in [6.07, 6.45) is 0.952. The minimum Gasteiger partial charge on any atom is -0.478 e. The predicted octanol–water partition coefficient (Wildman–Crippen LogP) is 4.36. The first-order chi connectivity index (χ1) is 12.2.